The lowest BCUT2D eigenvalue weighted by Gasteiger charge is -2.35. The molecule has 0 radical (unpaired) electrons. The van der Waals surface area contributed by atoms with Crippen LogP contribution in [0.4, 0.5) is 0 Å². The zero-order chi connectivity index (χ0) is 17.7. The van der Waals surface area contributed by atoms with Gasteiger partial charge in [0.2, 0.25) is 0 Å². The van der Waals surface area contributed by atoms with Crippen LogP contribution in [0.1, 0.15) is 0 Å². The Morgan fingerprint density at radius 2 is 1.23 bits per heavy atom. The van der Waals surface area contributed by atoms with E-state index < -0.39 is 70.1 Å². The Hall–Kier alpha value is -0.183. The van der Waals surface area contributed by atoms with E-state index in [1.54, 1.807) is 0 Å². The van der Waals surface area contributed by atoms with Gasteiger partial charge in [-0.1, -0.05) is 0 Å². The van der Waals surface area contributed by atoms with Crippen LogP contribution in [0.15, 0.2) is 0 Å². The van der Waals surface area contributed by atoms with Gasteiger partial charge in [0.15, 0.2) is 5.44 Å². The van der Waals surface area contributed by atoms with Crippen LogP contribution in [0.2, 0.25) is 6.04 Å². The molecular formula is C4H10O13S4Si. The van der Waals surface area contributed by atoms with Crippen molar-refractivity contribution in [3.8, 4) is 0 Å². The van der Waals surface area contributed by atoms with Gasteiger partial charge < -0.3 is 4.43 Å². The van der Waals surface area contributed by atoms with Gasteiger partial charge in [0.05, 0.1) is 0 Å². The van der Waals surface area contributed by atoms with Crippen LogP contribution in [-0.2, 0) is 44.3 Å². The summed E-state index contributed by atoms with van der Waals surface area (Å²) in [5.74, 6) is 0. The second-order valence-electron chi connectivity index (χ2n) is 4.23. The highest BCUT2D eigenvalue weighted by Gasteiger charge is 2.58. The van der Waals surface area contributed by atoms with E-state index in [0.29, 0.717) is 0 Å². The maximum absolute atomic E-state index is 11.2. The first-order chi connectivity index (χ1) is 9.45. The van der Waals surface area contributed by atoms with E-state index in [4.69, 9.17) is 18.2 Å². The molecular weight excluding hydrogens is 412 g/mol. The summed E-state index contributed by atoms with van der Waals surface area (Å²) in [4.78, 5) is 0. The Kier molecular flexibility index (Phi) is 5.16. The van der Waals surface area contributed by atoms with E-state index in [1.807, 2.05) is 0 Å². The summed E-state index contributed by atoms with van der Waals surface area (Å²) in [5.41, 5.74) is -3.01. The molecule has 0 bridgehead atoms. The molecule has 0 aliphatic carbocycles. The molecule has 0 aromatic rings. The fraction of sp³-hybridized carbons (Fsp3) is 1.00. The molecule has 4 atom stereocenters. The van der Waals surface area contributed by atoms with E-state index >= 15 is 0 Å². The van der Waals surface area contributed by atoms with Gasteiger partial charge in [-0.15, -0.1) is 0 Å². The molecule has 0 aromatic carbocycles. The second-order valence-corrected chi connectivity index (χ2v) is 14.9. The first kappa shape index (κ1) is 19.9. The first-order valence-electron chi connectivity index (χ1n) is 4.96. The van der Waals surface area contributed by atoms with Crippen molar-refractivity contribution in [2.45, 2.75) is 22.0 Å². The lowest BCUT2D eigenvalue weighted by atomic mass is 10.3. The average Bonchev–Trinajstić information content (AvgIpc) is 2.22. The molecule has 1 aliphatic heterocycles. The fourth-order valence-electron chi connectivity index (χ4n) is 1.84. The Bertz CT molecular complexity index is 807. The van der Waals surface area contributed by atoms with Crippen molar-refractivity contribution in [2.24, 2.45) is 0 Å². The molecule has 4 N–H and O–H groups in total. The molecule has 1 fully saturated rings. The Morgan fingerprint density at radius 1 is 0.773 bits per heavy atom. The summed E-state index contributed by atoms with van der Waals surface area (Å²) < 4.78 is 129. The standard InChI is InChI=1S/C4H10O13S4Si/c5-18(6,7)2-1-22(21(14,15)16)17-4(20(11,12)13)3(2)19(8,9)10/h2-4,22H,1H2,(H,5,6,7)(H,8,9,10)(H,11,12,13)(H,14,15,16). The molecule has 1 saturated heterocycles. The molecule has 0 amide bonds. The van der Waals surface area contributed by atoms with Gasteiger partial charge in [-0.3, -0.25) is 18.2 Å². The summed E-state index contributed by atoms with van der Waals surface area (Å²) >= 11 is 0. The Labute approximate surface area is 126 Å². The minimum absolute atomic E-state index is 1.27. The Balaban J connectivity index is 3.64. The monoisotopic (exact) mass is 422 g/mol. The van der Waals surface area contributed by atoms with Gasteiger partial charge in [-0.2, -0.15) is 25.3 Å². The minimum Gasteiger partial charge on any atom is -0.383 e. The molecule has 1 rings (SSSR count). The van der Waals surface area contributed by atoms with Crippen LogP contribution >= 0.6 is 0 Å². The molecule has 0 aromatic heterocycles. The first-order valence-corrected chi connectivity index (χ1v) is 13.7. The average molecular weight is 422 g/mol. The van der Waals surface area contributed by atoms with Crippen molar-refractivity contribution in [3.63, 3.8) is 0 Å². The maximum Gasteiger partial charge on any atom is 0.349 e. The van der Waals surface area contributed by atoms with E-state index in [9.17, 15) is 33.7 Å². The molecule has 13 nitrogen and oxygen atoms in total. The van der Waals surface area contributed by atoms with Gasteiger partial charge in [0.1, 0.15) is 10.5 Å². The molecule has 1 aliphatic rings. The summed E-state index contributed by atoms with van der Waals surface area (Å²) in [6.07, 6.45) is 0. The summed E-state index contributed by atoms with van der Waals surface area (Å²) in [6.45, 7) is 0. The summed E-state index contributed by atoms with van der Waals surface area (Å²) in [6, 6.07) is -1.27. The predicted octanol–water partition coefficient (Wildman–Crippen LogP) is -3.15. The minimum atomic E-state index is -5.52. The van der Waals surface area contributed by atoms with Crippen LogP contribution < -0.4 is 0 Å². The zero-order valence-electron chi connectivity index (χ0n) is 10.1. The quantitative estimate of drug-likeness (QED) is 0.259. The molecule has 22 heavy (non-hydrogen) atoms. The smallest absolute Gasteiger partial charge is 0.349 e. The lowest BCUT2D eigenvalue weighted by Crippen LogP contribution is -2.59. The zero-order valence-corrected chi connectivity index (χ0v) is 14.5. The molecule has 4 unspecified atom stereocenters. The number of hydrogen-bond donors (Lipinski definition) is 4. The highest BCUT2D eigenvalue weighted by Crippen LogP contribution is 2.32. The van der Waals surface area contributed by atoms with Crippen molar-refractivity contribution >= 4 is 48.1 Å². The van der Waals surface area contributed by atoms with Crippen LogP contribution in [0.25, 0.3) is 0 Å². The van der Waals surface area contributed by atoms with Crippen molar-refractivity contribution < 1.29 is 56.3 Å². The molecule has 0 spiro atoms. The topological polar surface area (TPSA) is 227 Å². The normalized spacial score (nSPS) is 31.8. The van der Waals surface area contributed by atoms with Crippen molar-refractivity contribution in [3.05, 3.63) is 0 Å². The third-order valence-electron chi connectivity index (χ3n) is 2.70. The highest BCUT2D eigenvalue weighted by molar-refractivity contribution is 8.13. The van der Waals surface area contributed by atoms with Crippen LogP contribution in [0.5, 0.6) is 0 Å². The predicted molar refractivity (Wildman–Crippen MR) is 70.6 cm³/mol. The Morgan fingerprint density at radius 3 is 1.50 bits per heavy atom. The maximum atomic E-state index is 11.2. The van der Waals surface area contributed by atoms with E-state index in [2.05, 4.69) is 4.43 Å². The largest absolute Gasteiger partial charge is 0.383 e. The van der Waals surface area contributed by atoms with Crippen molar-refractivity contribution in [1.82, 2.24) is 0 Å². The summed E-state index contributed by atoms with van der Waals surface area (Å²) in [7, 11) is -25.7. The van der Waals surface area contributed by atoms with Crippen molar-refractivity contribution in [2.75, 3.05) is 0 Å². The molecule has 18 heteroatoms. The number of hydrogen-bond acceptors (Lipinski definition) is 9. The second kappa shape index (κ2) is 5.72. The SMILES string of the molecule is O=S(=O)(O)C1C[SiH](S(=O)(=O)O)OC(S(=O)(=O)O)C1S(=O)(=O)O. The van der Waals surface area contributed by atoms with Gasteiger partial charge in [0.25, 0.3) is 39.9 Å². The summed E-state index contributed by atoms with van der Waals surface area (Å²) in [5, 5.41) is -5.54. The van der Waals surface area contributed by atoms with Crippen LogP contribution in [-0.4, -0.2) is 76.0 Å². The van der Waals surface area contributed by atoms with Gasteiger partial charge in [-0.25, -0.2) is 8.42 Å². The molecule has 1 heterocycles. The van der Waals surface area contributed by atoms with Gasteiger partial charge in [0, 0.05) is 6.04 Å². The third kappa shape index (κ3) is 4.43. The lowest BCUT2D eigenvalue weighted by molar-refractivity contribution is 0.227. The van der Waals surface area contributed by atoms with Crippen LogP contribution in [0, 0.1) is 0 Å². The molecule has 0 saturated carbocycles. The van der Waals surface area contributed by atoms with E-state index in [-0.39, 0.29) is 0 Å². The van der Waals surface area contributed by atoms with Gasteiger partial charge in [-0.05, 0) is 0 Å². The molecule has 132 valence electrons. The fourth-order valence-corrected chi connectivity index (χ4v) is 12.6. The highest BCUT2D eigenvalue weighted by atomic mass is 32.4. The van der Waals surface area contributed by atoms with Gasteiger partial charge >= 0.3 is 8.19 Å². The van der Waals surface area contributed by atoms with Crippen molar-refractivity contribution in [1.29, 1.82) is 0 Å². The van der Waals surface area contributed by atoms with Crippen LogP contribution in [0.3, 0.4) is 0 Å². The number of rotatable bonds is 4. The van der Waals surface area contributed by atoms with E-state index in [1.165, 1.54) is 0 Å². The third-order valence-corrected chi connectivity index (χ3v) is 12.1. The van der Waals surface area contributed by atoms with E-state index in [0.717, 1.165) is 0 Å².